The van der Waals surface area contributed by atoms with E-state index in [0.717, 1.165) is 0 Å². The molecule has 20 heavy (non-hydrogen) atoms. The lowest BCUT2D eigenvalue weighted by Crippen LogP contribution is -2.26. The van der Waals surface area contributed by atoms with Crippen LogP contribution in [0.3, 0.4) is 0 Å². The van der Waals surface area contributed by atoms with Crippen LogP contribution >= 0.6 is 0 Å². The fourth-order valence-electron chi connectivity index (χ4n) is 2.76. The minimum Gasteiger partial charge on any atom is -0.393 e. The van der Waals surface area contributed by atoms with Crippen molar-refractivity contribution >= 4 is 23.9 Å². The first-order valence-electron chi connectivity index (χ1n) is 6.63. The highest BCUT2D eigenvalue weighted by atomic mass is 16.6. The highest BCUT2D eigenvalue weighted by Crippen LogP contribution is 2.30. The van der Waals surface area contributed by atoms with E-state index in [4.69, 9.17) is 0 Å². The summed E-state index contributed by atoms with van der Waals surface area (Å²) in [7, 11) is 1.77. The third-order valence-corrected chi connectivity index (χ3v) is 3.65. The van der Waals surface area contributed by atoms with Gasteiger partial charge in [0.05, 0.1) is 24.7 Å². The van der Waals surface area contributed by atoms with Crippen LogP contribution in [-0.4, -0.2) is 37.5 Å². The number of esters is 4. The Labute approximate surface area is 116 Å². The second-order valence-corrected chi connectivity index (χ2v) is 5.28. The number of ether oxygens (including phenoxy) is 2. The molecule has 0 saturated carbocycles. The SMILES string of the molecule is CNCC(CC1CC(=O)OC1=O)CC1CC(=O)OC1=O. The number of hydrogen-bond acceptors (Lipinski definition) is 7. The van der Waals surface area contributed by atoms with Gasteiger partial charge in [-0.2, -0.15) is 0 Å². The summed E-state index contributed by atoms with van der Waals surface area (Å²) < 4.78 is 9.03. The zero-order valence-corrected chi connectivity index (χ0v) is 11.2. The summed E-state index contributed by atoms with van der Waals surface area (Å²) in [5.41, 5.74) is 0. The van der Waals surface area contributed by atoms with Gasteiger partial charge in [-0.3, -0.25) is 19.2 Å². The lowest BCUT2D eigenvalue weighted by Gasteiger charge is -2.19. The van der Waals surface area contributed by atoms with E-state index < -0.39 is 35.7 Å². The van der Waals surface area contributed by atoms with Gasteiger partial charge in [-0.1, -0.05) is 0 Å². The molecule has 0 aromatic carbocycles. The number of carbonyl (C=O) groups excluding carboxylic acids is 4. The molecule has 1 N–H and O–H groups in total. The molecular formula is C13H17NO6. The van der Waals surface area contributed by atoms with Crippen LogP contribution in [0.2, 0.25) is 0 Å². The van der Waals surface area contributed by atoms with Gasteiger partial charge in [0.1, 0.15) is 0 Å². The van der Waals surface area contributed by atoms with Crippen molar-refractivity contribution < 1.29 is 28.7 Å². The minimum absolute atomic E-state index is 0.00639. The van der Waals surface area contributed by atoms with Gasteiger partial charge in [0.25, 0.3) is 0 Å². The maximum absolute atomic E-state index is 11.5. The van der Waals surface area contributed by atoms with Gasteiger partial charge in [-0.15, -0.1) is 0 Å². The first-order valence-corrected chi connectivity index (χ1v) is 6.63. The number of nitrogens with one attached hydrogen (secondary N) is 1. The van der Waals surface area contributed by atoms with Crippen molar-refractivity contribution in [1.29, 1.82) is 0 Å². The van der Waals surface area contributed by atoms with E-state index in [0.29, 0.717) is 19.4 Å². The molecule has 2 aliphatic rings. The van der Waals surface area contributed by atoms with Crippen molar-refractivity contribution in [2.24, 2.45) is 17.8 Å². The molecule has 0 radical (unpaired) electrons. The highest BCUT2D eigenvalue weighted by molar-refractivity contribution is 5.95. The van der Waals surface area contributed by atoms with Crippen LogP contribution in [0.1, 0.15) is 25.7 Å². The molecule has 2 unspecified atom stereocenters. The summed E-state index contributed by atoms with van der Waals surface area (Å²) in [4.78, 5) is 45.1. The Kier molecular flexibility index (Phi) is 4.49. The molecule has 7 heteroatoms. The van der Waals surface area contributed by atoms with Crippen molar-refractivity contribution in [3.8, 4) is 0 Å². The fourth-order valence-corrected chi connectivity index (χ4v) is 2.76. The molecule has 2 atom stereocenters. The lowest BCUT2D eigenvalue weighted by atomic mass is 9.85. The smallest absolute Gasteiger partial charge is 0.317 e. The molecule has 2 heterocycles. The normalized spacial score (nSPS) is 27.6. The molecule has 0 spiro atoms. The zero-order chi connectivity index (χ0) is 14.7. The van der Waals surface area contributed by atoms with E-state index in [9.17, 15) is 19.2 Å². The Balaban J connectivity index is 1.93. The zero-order valence-electron chi connectivity index (χ0n) is 11.2. The molecule has 7 nitrogen and oxygen atoms in total. The fraction of sp³-hybridized carbons (Fsp3) is 0.692. The molecule has 110 valence electrons. The Morgan fingerprint density at radius 1 is 1.00 bits per heavy atom. The van der Waals surface area contributed by atoms with Gasteiger partial charge in [0, 0.05) is 0 Å². The van der Waals surface area contributed by atoms with E-state index >= 15 is 0 Å². The average Bonchev–Trinajstić information content (AvgIpc) is 2.82. The van der Waals surface area contributed by atoms with Crippen LogP contribution in [0.5, 0.6) is 0 Å². The topological polar surface area (TPSA) is 98.8 Å². The molecule has 0 amide bonds. The largest absolute Gasteiger partial charge is 0.393 e. The third kappa shape index (κ3) is 3.41. The number of carbonyl (C=O) groups is 4. The molecule has 2 rings (SSSR count). The van der Waals surface area contributed by atoms with E-state index in [2.05, 4.69) is 14.8 Å². The number of hydrogen-bond donors (Lipinski definition) is 1. The summed E-state index contributed by atoms with van der Waals surface area (Å²) >= 11 is 0. The van der Waals surface area contributed by atoms with E-state index in [1.165, 1.54) is 0 Å². The number of cyclic esters (lactones) is 4. The Hall–Kier alpha value is -1.76. The Morgan fingerprint density at radius 3 is 1.75 bits per heavy atom. The standard InChI is InChI=1S/C13H17NO6/c1-14-6-7(2-8-4-10(15)19-12(8)17)3-9-5-11(16)20-13(9)18/h7-9,14H,2-6H2,1H3. The first-order chi connectivity index (χ1) is 9.49. The lowest BCUT2D eigenvalue weighted by molar-refractivity contribution is -0.154. The maximum atomic E-state index is 11.5. The van der Waals surface area contributed by atoms with Crippen LogP contribution in [0.25, 0.3) is 0 Å². The van der Waals surface area contributed by atoms with E-state index in [-0.39, 0.29) is 18.8 Å². The van der Waals surface area contributed by atoms with Crippen molar-refractivity contribution in [3.05, 3.63) is 0 Å². The predicted molar refractivity (Wildman–Crippen MR) is 65.1 cm³/mol. The summed E-state index contributed by atoms with van der Waals surface area (Å²) in [5.74, 6) is -2.89. The molecule has 2 fully saturated rings. The third-order valence-electron chi connectivity index (χ3n) is 3.65. The second kappa shape index (κ2) is 6.13. The first kappa shape index (κ1) is 14.6. The summed E-state index contributed by atoms with van der Waals surface area (Å²) in [6, 6.07) is 0. The second-order valence-electron chi connectivity index (χ2n) is 5.28. The molecule has 0 aromatic rings. The summed E-state index contributed by atoms with van der Waals surface area (Å²) in [6.45, 7) is 0.593. The van der Waals surface area contributed by atoms with Gasteiger partial charge in [0.2, 0.25) is 0 Å². The van der Waals surface area contributed by atoms with Crippen LogP contribution in [0.15, 0.2) is 0 Å². The van der Waals surface area contributed by atoms with Crippen molar-refractivity contribution in [1.82, 2.24) is 5.32 Å². The van der Waals surface area contributed by atoms with Gasteiger partial charge in [-0.25, -0.2) is 0 Å². The monoisotopic (exact) mass is 283 g/mol. The van der Waals surface area contributed by atoms with Crippen LogP contribution in [-0.2, 0) is 28.7 Å². The van der Waals surface area contributed by atoms with Crippen molar-refractivity contribution in [2.75, 3.05) is 13.6 Å². The average molecular weight is 283 g/mol. The molecular weight excluding hydrogens is 266 g/mol. The van der Waals surface area contributed by atoms with Crippen molar-refractivity contribution in [3.63, 3.8) is 0 Å². The van der Waals surface area contributed by atoms with Crippen LogP contribution in [0.4, 0.5) is 0 Å². The molecule has 2 saturated heterocycles. The van der Waals surface area contributed by atoms with Crippen LogP contribution < -0.4 is 5.32 Å². The Bertz CT molecular complexity index is 408. The van der Waals surface area contributed by atoms with Gasteiger partial charge in [0.15, 0.2) is 0 Å². The molecule has 0 aromatic heterocycles. The quantitative estimate of drug-likeness (QED) is 0.531. The predicted octanol–water partition coefficient (Wildman–Crippen LogP) is -0.218. The van der Waals surface area contributed by atoms with Gasteiger partial charge < -0.3 is 14.8 Å². The highest BCUT2D eigenvalue weighted by Gasteiger charge is 2.38. The minimum atomic E-state index is -0.501. The maximum Gasteiger partial charge on any atom is 0.317 e. The van der Waals surface area contributed by atoms with Gasteiger partial charge in [-0.05, 0) is 32.4 Å². The van der Waals surface area contributed by atoms with Crippen LogP contribution in [0, 0.1) is 17.8 Å². The molecule has 0 aliphatic carbocycles. The van der Waals surface area contributed by atoms with E-state index in [1.807, 2.05) is 0 Å². The summed E-state index contributed by atoms with van der Waals surface area (Å²) in [6.07, 6.45) is 1.10. The summed E-state index contributed by atoms with van der Waals surface area (Å²) in [5, 5.41) is 2.99. The van der Waals surface area contributed by atoms with Gasteiger partial charge >= 0.3 is 23.9 Å². The number of rotatable bonds is 6. The van der Waals surface area contributed by atoms with E-state index in [1.54, 1.807) is 7.05 Å². The van der Waals surface area contributed by atoms with Crippen molar-refractivity contribution in [2.45, 2.75) is 25.7 Å². The molecule has 2 aliphatic heterocycles. The molecule has 0 bridgehead atoms. The Morgan fingerprint density at radius 2 is 1.45 bits per heavy atom.